The maximum atomic E-state index is 13.5. The predicted molar refractivity (Wildman–Crippen MR) is 104 cm³/mol. The molecule has 0 N–H and O–H groups in total. The first-order chi connectivity index (χ1) is 13.1. The molecule has 4 aromatic rings. The Bertz CT molecular complexity index is 1180. The van der Waals surface area contributed by atoms with Crippen LogP contribution in [-0.2, 0) is 25.9 Å². The minimum Gasteiger partial charge on any atom is -0.268 e. The maximum absolute atomic E-state index is 13.5. The van der Waals surface area contributed by atoms with Crippen molar-refractivity contribution in [1.82, 2.24) is 19.6 Å². The summed E-state index contributed by atoms with van der Waals surface area (Å²) in [5, 5.41) is 10.4. The van der Waals surface area contributed by atoms with Crippen LogP contribution in [0, 0.1) is 11.6 Å². The lowest BCUT2D eigenvalue weighted by molar-refractivity contribution is 0.621. The van der Waals surface area contributed by atoms with E-state index in [1.165, 1.54) is 23.5 Å². The molecule has 138 valence electrons. The molecule has 2 aliphatic heterocycles. The molecule has 27 heavy (non-hydrogen) atoms. The lowest BCUT2D eigenvalue weighted by Crippen LogP contribution is -1.93. The van der Waals surface area contributed by atoms with Crippen molar-refractivity contribution in [3.63, 3.8) is 0 Å². The van der Waals surface area contributed by atoms with E-state index < -0.39 is 0 Å². The number of hydrogen-bond donors (Lipinski definition) is 0. The lowest BCUT2D eigenvalue weighted by Gasteiger charge is -1.94. The quantitative estimate of drug-likeness (QED) is 0.393. The Morgan fingerprint density at radius 2 is 1.44 bits per heavy atom. The molecule has 2 aromatic carbocycles. The third-order valence-electron chi connectivity index (χ3n) is 5.27. The third kappa shape index (κ3) is 2.76. The summed E-state index contributed by atoms with van der Waals surface area (Å²) in [5.74, 6) is -0.448. The van der Waals surface area contributed by atoms with Crippen molar-refractivity contribution in [2.75, 3.05) is 0 Å². The Morgan fingerprint density at radius 1 is 0.815 bits per heavy atom. The molecule has 0 aliphatic carbocycles. The van der Waals surface area contributed by atoms with Gasteiger partial charge in [0, 0.05) is 39.7 Å². The van der Waals surface area contributed by atoms with Crippen molar-refractivity contribution in [3.05, 3.63) is 57.8 Å². The standard InChI is InChI=1S/C10H8BrFN2.C10H9FN2/c11-6-4-7-9-2-1-3-14(9)13-10(7)8(12)5-6;11-8-4-1-3-7-9-5-2-6-13(9)12-10(7)8/h4-5H,1-3H2;1,3-4H,2,5-6H2. The summed E-state index contributed by atoms with van der Waals surface area (Å²) in [6, 6.07) is 8.57. The molecule has 0 spiro atoms. The van der Waals surface area contributed by atoms with Crippen LogP contribution >= 0.6 is 15.9 Å². The number of hydrogen-bond acceptors (Lipinski definition) is 2. The molecule has 0 saturated heterocycles. The highest BCUT2D eigenvalue weighted by Gasteiger charge is 2.19. The number of aromatic nitrogens is 4. The van der Waals surface area contributed by atoms with Crippen molar-refractivity contribution >= 4 is 37.7 Å². The lowest BCUT2D eigenvalue weighted by atomic mass is 10.1. The summed E-state index contributed by atoms with van der Waals surface area (Å²) >= 11 is 3.30. The average Bonchev–Trinajstić information content (AvgIpc) is 3.36. The molecule has 2 aliphatic rings. The van der Waals surface area contributed by atoms with E-state index in [0.29, 0.717) is 11.0 Å². The Morgan fingerprint density at radius 3 is 2.15 bits per heavy atom. The summed E-state index contributed by atoms with van der Waals surface area (Å²) in [5.41, 5.74) is 3.38. The van der Waals surface area contributed by atoms with Crippen LogP contribution in [0.25, 0.3) is 21.8 Å². The molecular weight excluding hydrogens is 414 g/mol. The molecule has 0 atom stereocenters. The van der Waals surface area contributed by atoms with E-state index in [4.69, 9.17) is 0 Å². The fraction of sp³-hybridized carbons (Fsp3) is 0.300. The smallest absolute Gasteiger partial charge is 0.152 e. The molecule has 0 fully saturated rings. The minimum atomic E-state index is -0.240. The molecule has 0 unspecified atom stereocenters. The number of nitrogens with zero attached hydrogens (tertiary/aromatic N) is 4. The fourth-order valence-corrected chi connectivity index (χ4v) is 4.50. The largest absolute Gasteiger partial charge is 0.268 e. The molecule has 6 rings (SSSR count). The van der Waals surface area contributed by atoms with Gasteiger partial charge in [-0.05, 0) is 43.9 Å². The SMILES string of the molecule is Fc1cc(Br)cc2c3n(nc12)CCC3.Fc1cccc2c3n(nc12)CCC3. The van der Waals surface area contributed by atoms with Crippen LogP contribution in [0.5, 0.6) is 0 Å². The number of aryl methyl sites for hydroxylation is 4. The van der Waals surface area contributed by atoms with Crippen molar-refractivity contribution in [3.8, 4) is 0 Å². The van der Waals surface area contributed by atoms with Gasteiger partial charge in [0.15, 0.2) is 11.6 Å². The van der Waals surface area contributed by atoms with Gasteiger partial charge in [-0.25, -0.2) is 8.78 Å². The number of benzene rings is 2. The summed E-state index contributed by atoms with van der Waals surface area (Å²) < 4.78 is 31.4. The van der Waals surface area contributed by atoms with Crippen molar-refractivity contribution < 1.29 is 8.78 Å². The van der Waals surface area contributed by atoms with Crippen molar-refractivity contribution in [1.29, 1.82) is 0 Å². The highest BCUT2D eigenvalue weighted by Crippen LogP contribution is 2.29. The second kappa shape index (κ2) is 6.41. The minimum absolute atomic E-state index is 0.209. The fourth-order valence-electron chi connectivity index (χ4n) is 4.07. The van der Waals surface area contributed by atoms with Gasteiger partial charge in [-0.1, -0.05) is 28.1 Å². The van der Waals surface area contributed by atoms with Gasteiger partial charge in [0.25, 0.3) is 0 Å². The molecule has 4 heterocycles. The average molecular weight is 431 g/mol. The molecule has 0 bridgehead atoms. The first-order valence-corrected chi connectivity index (χ1v) is 9.89. The van der Waals surface area contributed by atoms with E-state index in [1.54, 1.807) is 6.07 Å². The van der Waals surface area contributed by atoms with Crippen molar-refractivity contribution in [2.24, 2.45) is 0 Å². The number of rotatable bonds is 0. The van der Waals surface area contributed by atoms with Crippen LogP contribution in [0.15, 0.2) is 34.8 Å². The highest BCUT2D eigenvalue weighted by molar-refractivity contribution is 9.10. The number of fused-ring (bicyclic) bond motifs is 6. The van der Waals surface area contributed by atoms with Gasteiger partial charge in [-0.3, -0.25) is 9.36 Å². The maximum Gasteiger partial charge on any atom is 0.152 e. The van der Waals surface area contributed by atoms with Gasteiger partial charge in [0.1, 0.15) is 11.0 Å². The summed E-state index contributed by atoms with van der Waals surface area (Å²) in [7, 11) is 0. The molecule has 7 heteroatoms. The molecule has 2 aromatic heterocycles. The zero-order valence-corrected chi connectivity index (χ0v) is 16.1. The second-order valence-corrected chi connectivity index (χ2v) is 7.88. The van der Waals surface area contributed by atoms with Crippen LogP contribution in [0.3, 0.4) is 0 Å². The van der Waals surface area contributed by atoms with Gasteiger partial charge in [0.05, 0.1) is 0 Å². The molecule has 0 saturated carbocycles. The Balaban J connectivity index is 0.000000119. The predicted octanol–water partition coefficient (Wildman–Crippen LogP) is 5.01. The van der Waals surface area contributed by atoms with Crippen molar-refractivity contribution in [2.45, 2.75) is 38.8 Å². The number of halogens is 3. The summed E-state index contributed by atoms with van der Waals surface area (Å²) in [4.78, 5) is 0. The summed E-state index contributed by atoms with van der Waals surface area (Å²) in [6.45, 7) is 1.85. The topological polar surface area (TPSA) is 35.6 Å². The zero-order valence-electron chi connectivity index (χ0n) is 14.6. The van der Waals surface area contributed by atoms with E-state index in [1.807, 2.05) is 21.5 Å². The Kier molecular flexibility index (Phi) is 4.00. The molecule has 4 nitrogen and oxygen atoms in total. The van der Waals surface area contributed by atoms with Gasteiger partial charge in [-0.2, -0.15) is 10.2 Å². The van der Waals surface area contributed by atoms with Gasteiger partial charge < -0.3 is 0 Å². The van der Waals surface area contributed by atoms with Gasteiger partial charge in [0.2, 0.25) is 0 Å². The van der Waals surface area contributed by atoms with Crippen LogP contribution in [0.2, 0.25) is 0 Å². The Hall–Kier alpha value is -2.28. The van der Waals surface area contributed by atoms with Crippen LogP contribution in [-0.4, -0.2) is 19.6 Å². The van der Waals surface area contributed by atoms with Gasteiger partial charge >= 0.3 is 0 Å². The highest BCUT2D eigenvalue weighted by atomic mass is 79.9. The van der Waals surface area contributed by atoms with Crippen LogP contribution < -0.4 is 0 Å². The monoisotopic (exact) mass is 430 g/mol. The zero-order chi connectivity index (χ0) is 18.5. The second-order valence-electron chi connectivity index (χ2n) is 6.97. The third-order valence-corrected chi connectivity index (χ3v) is 5.73. The van der Waals surface area contributed by atoms with E-state index in [0.717, 1.165) is 54.0 Å². The normalized spacial score (nSPS) is 15.1. The first-order valence-electron chi connectivity index (χ1n) is 9.10. The van der Waals surface area contributed by atoms with E-state index >= 15 is 0 Å². The molecule has 0 radical (unpaired) electrons. The van der Waals surface area contributed by atoms with Gasteiger partial charge in [-0.15, -0.1) is 0 Å². The first kappa shape index (κ1) is 16.9. The molecular formula is C20H17BrF2N4. The van der Waals surface area contributed by atoms with Crippen LogP contribution in [0.4, 0.5) is 8.78 Å². The summed E-state index contributed by atoms with van der Waals surface area (Å²) in [6.07, 6.45) is 4.29. The van der Waals surface area contributed by atoms with E-state index in [9.17, 15) is 8.78 Å². The Labute approximate surface area is 162 Å². The van der Waals surface area contributed by atoms with E-state index in [-0.39, 0.29) is 11.6 Å². The van der Waals surface area contributed by atoms with Crippen LogP contribution in [0.1, 0.15) is 24.2 Å². The van der Waals surface area contributed by atoms with E-state index in [2.05, 4.69) is 26.1 Å². The molecule has 0 amide bonds.